The van der Waals surface area contributed by atoms with Crippen molar-refractivity contribution in [3.05, 3.63) is 82.3 Å². The van der Waals surface area contributed by atoms with Gasteiger partial charge in [0.1, 0.15) is 5.49 Å². The molecule has 0 saturated heterocycles. The lowest BCUT2D eigenvalue weighted by Gasteiger charge is -2.26. The number of anilines is 1. The summed E-state index contributed by atoms with van der Waals surface area (Å²) < 4.78 is 58.8. The van der Waals surface area contributed by atoms with Crippen molar-refractivity contribution in [2.75, 3.05) is 11.4 Å². The fourth-order valence-corrected chi connectivity index (χ4v) is 5.53. The normalized spacial score (nSPS) is 16.5. The maximum Gasteiger partial charge on any atom is 0.573 e. The number of allylic oxidation sites excluding steroid dienone is 1. The lowest BCUT2D eigenvalue weighted by molar-refractivity contribution is -0.275. The molecule has 0 bridgehead atoms. The Hall–Kier alpha value is -4.40. The number of alkyl halides is 3. The molecule has 4 atom stereocenters. The van der Waals surface area contributed by atoms with E-state index in [1.165, 1.54) is 6.07 Å². The number of aliphatic hydroxyl groups excluding tert-OH is 1. The summed E-state index contributed by atoms with van der Waals surface area (Å²) in [5.41, 5.74) is 13.8. The van der Waals surface area contributed by atoms with Crippen LogP contribution in [-0.2, 0) is 6.42 Å². The highest BCUT2D eigenvalue weighted by molar-refractivity contribution is 5.74. The van der Waals surface area contributed by atoms with Gasteiger partial charge in [0.2, 0.25) is 6.35 Å². The molecule has 1 unspecified atom stereocenters. The van der Waals surface area contributed by atoms with Gasteiger partial charge in [0, 0.05) is 40.8 Å². The number of ether oxygens (including phenoxy) is 1. The van der Waals surface area contributed by atoms with Crippen molar-refractivity contribution in [2.45, 2.75) is 83.7 Å². The Balaban J connectivity index is 1.52. The third kappa shape index (κ3) is 10.1. The molecule has 1 aliphatic rings. The quantitative estimate of drug-likeness (QED) is 0.0545. The number of aromatic nitrogens is 1. The van der Waals surface area contributed by atoms with E-state index in [0.717, 1.165) is 24.5 Å². The second-order valence-electron chi connectivity index (χ2n) is 12.0. The second-order valence-corrected chi connectivity index (χ2v) is 12.0. The number of guanidine groups is 1. The fourth-order valence-electron chi connectivity index (χ4n) is 5.53. The minimum Gasteiger partial charge on any atom is -0.403 e. The van der Waals surface area contributed by atoms with Crippen LogP contribution in [0.3, 0.4) is 0 Å². The first-order valence-corrected chi connectivity index (χ1v) is 15.9. The highest BCUT2D eigenvalue weighted by Crippen LogP contribution is 2.34. The summed E-state index contributed by atoms with van der Waals surface area (Å²) >= 11 is 0. The van der Waals surface area contributed by atoms with Crippen LogP contribution in [0.15, 0.2) is 59.6 Å². The lowest BCUT2D eigenvalue weighted by Crippen LogP contribution is -2.41. The molecule has 10 nitrogen and oxygen atoms in total. The number of aromatic amines is 1. The van der Waals surface area contributed by atoms with E-state index in [-0.39, 0.29) is 40.8 Å². The van der Waals surface area contributed by atoms with E-state index in [0.29, 0.717) is 42.3 Å². The monoisotopic (exact) mass is 672 g/mol. The number of aliphatic hydroxyl groups is 1. The molecule has 9 N–H and O–H groups in total. The lowest BCUT2D eigenvalue weighted by atomic mass is 10.0. The molecule has 0 saturated carbocycles. The van der Waals surface area contributed by atoms with Gasteiger partial charge in [-0.05, 0) is 101 Å². The number of nitrogens with one attached hydrogen (secondary N) is 4. The van der Waals surface area contributed by atoms with Crippen molar-refractivity contribution in [3.63, 3.8) is 0 Å². The molecule has 0 spiro atoms. The van der Waals surface area contributed by atoms with Crippen LogP contribution in [0.4, 0.5) is 23.2 Å². The number of halogens is 4. The van der Waals surface area contributed by atoms with Crippen LogP contribution in [0.2, 0.25) is 0 Å². The van der Waals surface area contributed by atoms with Gasteiger partial charge in [0.15, 0.2) is 17.5 Å². The standard InChI is InChI=1S/C34H44F4N8O2/c1-4-5-9-25(43-32(40)41)14-15-42-21(3)23-10-12-26(13-11-23)46-19-24-18-28(44-31(24)45-33(46)47)27-16-22(8-6-7-20(2)39)17-29(30(27)35)48-34(36,37)38/h4-5,10-13,16-21,25,33,42,47H,6-9,14-15,39H2,1-3H3,(H,44,45)(H4,40,41,43)/b5-4+/t20-,21-,25+,33?/m0/s1. The summed E-state index contributed by atoms with van der Waals surface area (Å²) in [4.78, 5) is 8.79. The molecule has 260 valence electrons. The summed E-state index contributed by atoms with van der Waals surface area (Å²) in [5, 5.41) is 25.4. The van der Waals surface area contributed by atoms with E-state index in [1.807, 2.05) is 57.2 Å². The number of fused-ring (bicyclic) bond motifs is 1. The Morgan fingerprint density at radius 2 is 1.92 bits per heavy atom. The van der Waals surface area contributed by atoms with E-state index < -0.39 is 24.3 Å². The summed E-state index contributed by atoms with van der Waals surface area (Å²) in [6.07, 6.45) is 2.42. The van der Waals surface area contributed by atoms with Crippen molar-refractivity contribution < 1.29 is 27.4 Å². The van der Waals surface area contributed by atoms with Gasteiger partial charge in [-0.15, -0.1) is 13.2 Å². The van der Waals surface area contributed by atoms with E-state index in [4.69, 9.17) is 16.9 Å². The van der Waals surface area contributed by atoms with Crippen molar-refractivity contribution in [2.24, 2.45) is 16.5 Å². The Labute approximate surface area is 277 Å². The molecule has 0 fully saturated rings. The topological polar surface area (TPSA) is 161 Å². The summed E-state index contributed by atoms with van der Waals surface area (Å²) in [7, 11) is 0. The molecule has 4 rings (SSSR count). The maximum absolute atomic E-state index is 15.4. The predicted octanol–water partition coefficient (Wildman–Crippen LogP) is 4.40. The van der Waals surface area contributed by atoms with Crippen LogP contribution in [0, 0.1) is 11.2 Å². The van der Waals surface area contributed by atoms with Crippen molar-refractivity contribution in [1.29, 1.82) is 5.41 Å². The highest BCUT2D eigenvalue weighted by Gasteiger charge is 2.33. The number of nitrogens with zero attached hydrogens (tertiary/aromatic N) is 2. The van der Waals surface area contributed by atoms with E-state index in [9.17, 15) is 18.3 Å². The zero-order chi connectivity index (χ0) is 35.0. The van der Waals surface area contributed by atoms with Gasteiger partial charge in [-0.2, -0.15) is 0 Å². The fraction of sp³-hybridized carbons (Fsp3) is 0.412. The molecule has 48 heavy (non-hydrogen) atoms. The van der Waals surface area contributed by atoms with Crippen LogP contribution in [-0.4, -0.2) is 47.4 Å². The number of aryl methyl sites for hydroxylation is 1. The van der Waals surface area contributed by atoms with Crippen molar-refractivity contribution in [1.82, 2.24) is 15.6 Å². The van der Waals surface area contributed by atoms with Crippen LogP contribution < -0.4 is 42.4 Å². The Bertz CT molecular complexity index is 1690. The molecule has 2 heterocycles. The highest BCUT2D eigenvalue weighted by atomic mass is 19.4. The van der Waals surface area contributed by atoms with Crippen LogP contribution in [0.5, 0.6) is 5.75 Å². The Morgan fingerprint density at radius 1 is 1.19 bits per heavy atom. The second kappa shape index (κ2) is 16.1. The molecule has 1 aliphatic heterocycles. The Kier molecular flexibility index (Phi) is 12.2. The zero-order valence-electron chi connectivity index (χ0n) is 27.2. The largest absolute Gasteiger partial charge is 0.573 e. The summed E-state index contributed by atoms with van der Waals surface area (Å²) in [5.74, 6) is -2.15. The maximum atomic E-state index is 15.4. The number of hydrogen-bond donors (Lipinski definition) is 7. The first-order chi connectivity index (χ1) is 22.7. The minimum absolute atomic E-state index is 0.0214. The molecule has 0 aliphatic carbocycles. The third-order valence-electron chi connectivity index (χ3n) is 7.99. The van der Waals surface area contributed by atoms with Crippen LogP contribution in [0.25, 0.3) is 17.5 Å². The van der Waals surface area contributed by atoms with Crippen LogP contribution in [0.1, 0.15) is 63.6 Å². The van der Waals surface area contributed by atoms with Gasteiger partial charge in [-0.1, -0.05) is 24.3 Å². The van der Waals surface area contributed by atoms with Gasteiger partial charge in [0.25, 0.3) is 0 Å². The van der Waals surface area contributed by atoms with Crippen LogP contribution >= 0.6 is 0 Å². The van der Waals surface area contributed by atoms with E-state index in [1.54, 1.807) is 17.2 Å². The average molecular weight is 673 g/mol. The molecule has 14 heteroatoms. The average Bonchev–Trinajstić information content (AvgIpc) is 3.42. The SMILES string of the molecule is C/C=C/C[C@H](CCN[C@@H](C)c1ccc(N2C=c3cc(-c4cc(CCC[C@H](C)N)cc(OC(F)(F)F)c4F)[nH]c3=NC2O)cc1)NC(=N)N. The molecule has 0 radical (unpaired) electrons. The number of nitrogens with two attached hydrogens (primary N) is 2. The van der Waals surface area contributed by atoms with Crippen molar-refractivity contribution >= 4 is 17.8 Å². The first-order valence-electron chi connectivity index (χ1n) is 15.9. The molecule has 1 aromatic heterocycles. The number of hydrogen-bond acceptors (Lipinski definition) is 7. The van der Waals surface area contributed by atoms with Gasteiger partial charge >= 0.3 is 6.36 Å². The predicted molar refractivity (Wildman–Crippen MR) is 179 cm³/mol. The molecule has 3 aromatic rings. The molecule has 0 amide bonds. The first kappa shape index (κ1) is 36.4. The minimum atomic E-state index is -5.07. The smallest absolute Gasteiger partial charge is 0.403 e. The Morgan fingerprint density at radius 3 is 2.56 bits per heavy atom. The summed E-state index contributed by atoms with van der Waals surface area (Å²) in [6, 6.07) is 11.7. The number of H-pyrrole nitrogens is 1. The zero-order valence-corrected chi connectivity index (χ0v) is 27.2. The van der Waals surface area contributed by atoms with Gasteiger partial charge in [0.05, 0.1) is 5.69 Å². The van der Waals surface area contributed by atoms with Crippen molar-refractivity contribution in [3.8, 4) is 17.0 Å². The molecule has 2 aromatic carbocycles. The van der Waals surface area contributed by atoms with E-state index >= 15 is 4.39 Å². The molecular formula is C34H44F4N8O2. The van der Waals surface area contributed by atoms with Gasteiger partial charge in [-0.25, -0.2) is 9.38 Å². The molecular weight excluding hydrogens is 628 g/mol. The van der Waals surface area contributed by atoms with E-state index in [2.05, 4.69) is 25.3 Å². The van der Waals surface area contributed by atoms with Gasteiger partial charge < -0.3 is 41.8 Å². The summed E-state index contributed by atoms with van der Waals surface area (Å²) in [6.45, 7) is 6.52. The third-order valence-corrected chi connectivity index (χ3v) is 7.99. The number of rotatable bonds is 15. The number of benzene rings is 2. The van der Waals surface area contributed by atoms with Gasteiger partial charge in [-0.3, -0.25) is 5.41 Å².